The zero-order valence-electron chi connectivity index (χ0n) is 5.30. The van der Waals surface area contributed by atoms with Crippen molar-refractivity contribution in [3.8, 4) is 0 Å². The van der Waals surface area contributed by atoms with Gasteiger partial charge >= 0.3 is 0 Å². The van der Waals surface area contributed by atoms with Gasteiger partial charge in [-0.1, -0.05) is 0 Å². The van der Waals surface area contributed by atoms with Crippen LogP contribution in [0.4, 0.5) is 0 Å². The maximum Gasteiger partial charge on any atom is 0.138 e. The van der Waals surface area contributed by atoms with Crippen molar-refractivity contribution >= 4 is 5.78 Å². The summed E-state index contributed by atoms with van der Waals surface area (Å²) in [4.78, 5) is 11.0. The number of carbonyl (C=O) groups excluding carboxylic acids is 1. The summed E-state index contributed by atoms with van der Waals surface area (Å²) in [6, 6.07) is 0. The van der Waals surface area contributed by atoms with Gasteiger partial charge in [0.1, 0.15) is 5.78 Å². The molecule has 0 radical (unpaired) electrons. The lowest BCUT2D eigenvalue weighted by atomic mass is 10.0. The Labute approximate surface area is 54.2 Å². The van der Waals surface area contributed by atoms with Gasteiger partial charge in [0, 0.05) is 12.3 Å². The molecule has 2 heteroatoms. The second kappa shape index (κ2) is 1.81. The normalized spacial score (nSPS) is 41.6. The van der Waals surface area contributed by atoms with Gasteiger partial charge in [0.2, 0.25) is 0 Å². The maximum atomic E-state index is 11.0. The predicted octanol–water partition coefficient (Wildman–Crippen LogP) is 0.612. The van der Waals surface area contributed by atoms with Crippen LogP contribution in [0.15, 0.2) is 0 Å². The Balaban J connectivity index is 2.15. The van der Waals surface area contributed by atoms with E-state index in [4.69, 9.17) is 4.74 Å². The highest BCUT2D eigenvalue weighted by Gasteiger charge is 2.38. The Morgan fingerprint density at radius 1 is 1.44 bits per heavy atom. The SMILES string of the molecule is O=C1CC[C@H]2COC[C@@H]12. The van der Waals surface area contributed by atoms with Crippen LogP contribution in [-0.4, -0.2) is 19.0 Å². The summed E-state index contributed by atoms with van der Waals surface area (Å²) in [5, 5.41) is 0. The summed E-state index contributed by atoms with van der Waals surface area (Å²) in [6.07, 6.45) is 1.88. The topological polar surface area (TPSA) is 26.3 Å². The average Bonchev–Trinajstić information content (AvgIpc) is 2.35. The number of rotatable bonds is 0. The van der Waals surface area contributed by atoms with Gasteiger partial charge in [-0.2, -0.15) is 0 Å². The number of Topliss-reactive ketones (excluding diaryl/α,β-unsaturated/α-hetero) is 1. The Bertz CT molecular complexity index is 142. The molecule has 0 bridgehead atoms. The number of carbonyl (C=O) groups is 1. The van der Waals surface area contributed by atoms with Gasteiger partial charge in [0.15, 0.2) is 0 Å². The lowest BCUT2D eigenvalue weighted by molar-refractivity contribution is -0.121. The summed E-state index contributed by atoms with van der Waals surface area (Å²) in [5.41, 5.74) is 0. The van der Waals surface area contributed by atoms with Gasteiger partial charge in [-0.05, 0) is 12.3 Å². The van der Waals surface area contributed by atoms with Crippen LogP contribution in [0.3, 0.4) is 0 Å². The average molecular weight is 126 g/mol. The zero-order valence-corrected chi connectivity index (χ0v) is 5.30. The van der Waals surface area contributed by atoms with Crippen molar-refractivity contribution in [2.24, 2.45) is 11.8 Å². The molecule has 2 aliphatic rings. The van der Waals surface area contributed by atoms with E-state index in [-0.39, 0.29) is 5.92 Å². The van der Waals surface area contributed by atoms with E-state index >= 15 is 0 Å². The Morgan fingerprint density at radius 2 is 2.33 bits per heavy atom. The highest BCUT2D eigenvalue weighted by atomic mass is 16.5. The van der Waals surface area contributed by atoms with Crippen molar-refractivity contribution in [2.75, 3.05) is 13.2 Å². The molecule has 2 atom stereocenters. The first kappa shape index (κ1) is 5.42. The summed E-state index contributed by atoms with van der Waals surface area (Å²) in [5.74, 6) is 1.29. The minimum absolute atomic E-state index is 0.282. The smallest absolute Gasteiger partial charge is 0.138 e. The van der Waals surface area contributed by atoms with Crippen LogP contribution in [-0.2, 0) is 9.53 Å². The molecule has 9 heavy (non-hydrogen) atoms. The van der Waals surface area contributed by atoms with Gasteiger partial charge in [-0.15, -0.1) is 0 Å². The Morgan fingerprint density at radius 3 is 3.11 bits per heavy atom. The molecule has 2 rings (SSSR count). The highest BCUT2D eigenvalue weighted by molar-refractivity contribution is 5.83. The van der Waals surface area contributed by atoms with Gasteiger partial charge < -0.3 is 4.74 Å². The molecule has 50 valence electrons. The van der Waals surface area contributed by atoms with E-state index in [1.165, 1.54) is 0 Å². The van der Waals surface area contributed by atoms with Crippen LogP contribution >= 0.6 is 0 Å². The van der Waals surface area contributed by atoms with Crippen molar-refractivity contribution in [1.82, 2.24) is 0 Å². The third kappa shape index (κ3) is 0.697. The summed E-state index contributed by atoms with van der Waals surface area (Å²) < 4.78 is 5.16. The molecule has 0 aromatic rings. The molecule has 0 spiro atoms. The fraction of sp³-hybridized carbons (Fsp3) is 0.857. The van der Waals surface area contributed by atoms with E-state index in [2.05, 4.69) is 0 Å². The van der Waals surface area contributed by atoms with Crippen LogP contribution < -0.4 is 0 Å². The van der Waals surface area contributed by atoms with Crippen molar-refractivity contribution in [3.63, 3.8) is 0 Å². The van der Waals surface area contributed by atoms with Crippen molar-refractivity contribution in [3.05, 3.63) is 0 Å². The molecule has 0 aromatic heterocycles. The van der Waals surface area contributed by atoms with Gasteiger partial charge in [0.25, 0.3) is 0 Å². The fourth-order valence-corrected chi connectivity index (χ4v) is 1.75. The number of ether oxygens (including phenoxy) is 1. The largest absolute Gasteiger partial charge is 0.380 e. The zero-order chi connectivity index (χ0) is 6.27. The Hall–Kier alpha value is -0.370. The lowest BCUT2D eigenvalue weighted by Gasteiger charge is -1.99. The molecule has 1 aliphatic heterocycles. The first-order chi connectivity index (χ1) is 4.38. The first-order valence-electron chi connectivity index (χ1n) is 3.48. The highest BCUT2D eigenvalue weighted by Crippen LogP contribution is 2.33. The van der Waals surface area contributed by atoms with E-state index < -0.39 is 0 Å². The molecule has 1 aliphatic carbocycles. The minimum atomic E-state index is 0.282. The van der Waals surface area contributed by atoms with Crippen molar-refractivity contribution in [1.29, 1.82) is 0 Å². The lowest BCUT2D eigenvalue weighted by Crippen LogP contribution is -2.11. The minimum Gasteiger partial charge on any atom is -0.380 e. The van der Waals surface area contributed by atoms with E-state index in [0.717, 1.165) is 19.4 Å². The second-order valence-electron chi connectivity index (χ2n) is 2.91. The van der Waals surface area contributed by atoms with Gasteiger partial charge in [0.05, 0.1) is 13.2 Å². The first-order valence-corrected chi connectivity index (χ1v) is 3.48. The standard InChI is InChI=1S/C7H10O2/c8-7-2-1-5-3-9-4-6(5)7/h5-6H,1-4H2/t5-,6+/m0/s1. The molecule has 2 fully saturated rings. The Kier molecular flexibility index (Phi) is 1.09. The van der Waals surface area contributed by atoms with E-state index in [0.29, 0.717) is 18.3 Å². The second-order valence-corrected chi connectivity index (χ2v) is 2.91. The number of ketones is 1. The number of hydrogen-bond acceptors (Lipinski definition) is 2. The van der Waals surface area contributed by atoms with Crippen LogP contribution in [0.5, 0.6) is 0 Å². The number of fused-ring (bicyclic) bond motifs is 1. The molecular formula is C7H10O2. The molecule has 1 heterocycles. The molecule has 0 aromatic carbocycles. The summed E-state index contributed by atoms with van der Waals surface area (Å²) >= 11 is 0. The monoisotopic (exact) mass is 126 g/mol. The van der Waals surface area contributed by atoms with E-state index in [1.807, 2.05) is 0 Å². The molecule has 1 saturated carbocycles. The number of hydrogen-bond donors (Lipinski definition) is 0. The predicted molar refractivity (Wildman–Crippen MR) is 32.0 cm³/mol. The van der Waals surface area contributed by atoms with E-state index in [9.17, 15) is 4.79 Å². The van der Waals surface area contributed by atoms with E-state index in [1.54, 1.807) is 0 Å². The molecule has 0 N–H and O–H groups in total. The van der Waals surface area contributed by atoms with Crippen LogP contribution in [0.1, 0.15) is 12.8 Å². The van der Waals surface area contributed by atoms with Crippen molar-refractivity contribution in [2.45, 2.75) is 12.8 Å². The molecule has 1 saturated heterocycles. The molecule has 0 unspecified atom stereocenters. The third-order valence-electron chi connectivity index (χ3n) is 2.37. The maximum absolute atomic E-state index is 11.0. The molecule has 2 nitrogen and oxygen atoms in total. The quantitative estimate of drug-likeness (QED) is 0.475. The summed E-state index contributed by atoms with van der Waals surface area (Å²) in [7, 11) is 0. The van der Waals surface area contributed by atoms with Crippen LogP contribution in [0, 0.1) is 11.8 Å². The molecular weight excluding hydrogens is 116 g/mol. The van der Waals surface area contributed by atoms with Crippen LogP contribution in [0.2, 0.25) is 0 Å². The molecule has 0 amide bonds. The summed E-state index contributed by atoms with van der Waals surface area (Å²) in [6.45, 7) is 1.53. The van der Waals surface area contributed by atoms with Crippen molar-refractivity contribution < 1.29 is 9.53 Å². The fourth-order valence-electron chi connectivity index (χ4n) is 1.75. The van der Waals surface area contributed by atoms with Gasteiger partial charge in [-0.3, -0.25) is 4.79 Å². The van der Waals surface area contributed by atoms with Gasteiger partial charge in [-0.25, -0.2) is 0 Å². The third-order valence-corrected chi connectivity index (χ3v) is 2.37. The van der Waals surface area contributed by atoms with Crippen LogP contribution in [0.25, 0.3) is 0 Å².